The second-order valence-corrected chi connectivity index (χ2v) is 10.7. The minimum Gasteiger partial charge on any atom is -0.508 e. The predicted molar refractivity (Wildman–Crippen MR) is 130 cm³/mol. The number of benzene rings is 3. The van der Waals surface area contributed by atoms with Crippen LogP contribution < -0.4 is 0 Å². The Labute approximate surface area is 195 Å². The van der Waals surface area contributed by atoms with Crippen molar-refractivity contribution in [2.24, 2.45) is 5.41 Å². The van der Waals surface area contributed by atoms with E-state index in [1.165, 1.54) is 24.3 Å². The number of rotatable bonds is 6. The molecule has 0 heterocycles. The van der Waals surface area contributed by atoms with Crippen LogP contribution >= 0.6 is 0 Å². The topological polar surface area (TPSA) is 101 Å². The molecule has 0 atom stereocenters. The minimum atomic E-state index is -0.215. The van der Waals surface area contributed by atoms with Crippen LogP contribution in [0.5, 0.6) is 28.7 Å². The lowest BCUT2D eigenvalue weighted by molar-refractivity contribution is 0.283. The second-order valence-electron chi connectivity index (χ2n) is 10.7. The summed E-state index contributed by atoms with van der Waals surface area (Å²) in [6, 6.07) is 12.9. The van der Waals surface area contributed by atoms with Gasteiger partial charge in [-0.05, 0) is 57.7 Å². The van der Waals surface area contributed by atoms with Gasteiger partial charge in [0.2, 0.25) is 0 Å². The van der Waals surface area contributed by atoms with Crippen LogP contribution in [0.4, 0.5) is 0 Å². The molecule has 0 radical (unpaired) electrons. The van der Waals surface area contributed by atoms with Gasteiger partial charge in [-0.15, -0.1) is 0 Å². The molecule has 0 saturated heterocycles. The third-order valence-corrected chi connectivity index (χ3v) is 5.97. The van der Waals surface area contributed by atoms with Crippen molar-refractivity contribution in [3.05, 3.63) is 76.3 Å². The van der Waals surface area contributed by atoms with Crippen molar-refractivity contribution in [2.75, 3.05) is 0 Å². The van der Waals surface area contributed by atoms with Crippen LogP contribution in [0, 0.1) is 5.41 Å². The largest absolute Gasteiger partial charge is 0.508 e. The molecule has 0 amide bonds. The van der Waals surface area contributed by atoms with Gasteiger partial charge in [0.25, 0.3) is 0 Å². The summed E-state index contributed by atoms with van der Waals surface area (Å²) in [4.78, 5) is 0. The van der Waals surface area contributed by atoms with Gasteiger partial charge >= 0.3 is 0 Å². The number of aromatic hydroxyl groups is 5. The molecule has 0 aliphatic rings. The van der Waals surface area contributed by atoms with Crippen molar-refractivity contribution < 1.29 is 25.5 Å². The molecule has 176 valence electrons. The average Bonchev–Trinajstić information content (AvgIpc) is 2.67. The van der Waals surface area contributed by atoms with Crippen LogP contribution in [-0.2, 0) is 18.3 Å². The van der Waals surface area contributed by atoms with E-state index in [-0.39, 0.29) is 52.4 Å². The molecular weight excluding hydrogens is 416 g/mol. The van der Waals surface area contributed by atoms with E-state index in [9.17, 15) is 25.5 Å². The van der Waals surface area contributed by atoms with E-state index in [0.29, 0.717) is 22.3 Å². The van der Waals surface area contributed by atoms with Crippen molar-refractivity contribution in [3.63, 3.8) is 0 Å². The molecule has 5 N–H and O–H groups in total. The predicted octanol–water partition coefficient (Wildman–Crippen LogP) is 6.11. The second kappa shape index (κ2) is 8.89. The molecular formula is C28H34O5. The molecule has 0 aliphatic carbocycles. The number of hydrogen-bond acceptors (Lipinski definition) is 5. The Bertz CT molecular complexity index is 1140. The van der Waals surface area contributed by atoms with E-state index in [1.807, 2.05) is 12.1 Å². The summed E-state index contributed by atoms with van der Waals surface area (Å²) in [6.45, 7) is 10.9. The highest BCUT2D eigenvalue weighted by molar-refractivity contribution is 5.54. The Morgan fingerprint density at radius 3 is 1.76 bits per heavy atom. The first-order chi connectivity index (χ1) is 15.3. The fraction of sp³-hybridized carbons (Fsp3) is 0.357. The Kier molecular flexibility index (Phi) is 6.55. The summed E-state index contributed by atoms with van der Waals surface area (Å²) in [6.07, 6.45) is 1.31. The van der Waals surface area contributed by atoms with E-state index < -0.39 is 0 Å². The first kappa shape index (κ1) is 24.3. The van der Waals surface area contributed by atoms with Crippen LogP contribution in [0.15, 0.2) is 48.5 Å². The highest BCUT2D eigenvalue weighted by atomic mass is 16.3. The molecule has 0 aliphatic heterocycles. The number of hydrogen-bond donors (Lipinski definition) is 5. The van der Waals surface area contributed by atoms with E-state index in [2.05, 4.69) is 34.6 Å². The first-order valence-corrected chi connectivity index (χ1v) is 11.1. The highest BCUT2D eigenvalue weighted by Gasteiger charge is 2.29. The molecule has 3 aromatic rings. The van der Waals surface area contributed by atoms with Crippen molar-refractivity contribution >= 4 is 0 Å². The number of phenols is 5. The van der Waals surface area contributed by atoms with Crippen molar-refractivity contribution in [1.82, 2.24) is 0 Å². The molecule has 0 unspecified atom stereocenters. The van der Waals surface area contributed by atoms with Crippen molar-refractivity contribution in [1.29, 1.82) is 0 Å². The van der Waals surface area contributed by atoms with E-state index >= 15 is 0 Å². The van der Waals surface area contributed by atoms with Crippen LogP contribution in [0.25, 0.3) is 0 Å². The summed E-state index contributed by atoms with van der Waals surface area (Å²) in [5.74, 6) is -0.0942. The maximum atomic E-state index is 11.2. The monoisotopic (exact) mass is 450 g/mol. The zero-order valence-electron chi connectivity index (χ0n) is 20.0. The standard InChI is InChI=1S/C28H34O5/c1-27(2,3)16-28(4,5)20-12-18(11-17-9-10-21(29)15-25(17)32)26(33)19(13-20)14-22-23(30)7-6-8-24(22)31/h6-10,12-13,15,29-33H,11,14,16H2,1-5H3. The van der Waals surface area contributed by atoms with Crippen LogP contribution in [0.2, 0.25) is 0 Å². The average molecular weight is 451 g/mol. The van der Waals surface area contributed by atoms with Crippen LogP contribution in [0.1, 0.15) is 68.9 Å². The van der Waals surface area contributed by atoms with Crippen molar-refractivity contribution in [2.45, 2.75) is 59.3 Å². The molecule has 33 heavy (non-hydrogen) atoms. The fourth-order valence-corrected chi connectivity index (χ4v) is 4.69. The maximum absolute atomic E-state index is 11.2. The van der Waals surface area contributed by atoms with Gasteiger partial charge in [-0.2, -0.15) is 0 Å². The maximum Gasteiger partial charge on any atom is 0.122 e. The van der Waals surface area contributed by atoms with Gasteiger partial charge in [0, 0.05) is 24.5 Å². The molecule has 5 heteroatoms. The van der Waals surface area contributed by atoms with Gasteiger partial charge in [0.05, 0.1) is 0 Å². The molecule has 0 fully saturated rings. The van der Waals surface area contributed by atoms with Gasteiger partial charge in [0.15, 0.2) is 0 Å². The lowest BCUT2D eigenvalue weighted by atomic mass is 9.71. The fourth-order valence-electron chi connectivity index (χ4n) is 4.69. The Morgan fingerprint density at radius 1 is 0.636 bits per heavy atom. The van der Waals surface area contributed by atoms with Crippen LogP contribution in [-0.4, -0.2) is 25.5 Å². The quantitative estimate of drug-likeness (QED) is 0.312. The lowest BCUT2D eigenvalue weighted by Crippen LogP contribution is -2.25. The number of phenolic OH excluding ortho intramolecular Hbond substituents is 5. The third-order valence-electron chi connectivity index (χ3n) is 5.97. The van der Waals surface area contributed by atoms with Gasteiger partial charge in [-0.3, -0.25) is 0 Å². The normalized spacial score (nSPS) is 12.2. The van der Waals surface area contributed by atoms with E-state index in [0.717, 1.165) is 12.0 Å². The third kappa shape index (κ3) is 5.72. The minimum absolute atomic E-state index is 0.0312. The molecule has 3 aromatic carbocycles. The molecule has 0 aromatic heterocycles. The van der Waals surface area contributed by atoms with E-state index in [4.69, 9.17) is 0 Å². The molecule has 0 spiro atoms. The van der Waals surface area contributed by atoms with Gasteiger partial charge in [-0.1, -0.05) is 58.9 Å². The Hall–Kier alpha value is -3.34. The smallest absolute Gasteiger partial charge is 0.122 e. The SMILES string of the molecule is CC(C)(C)CC(C)(C)c1cc(Cc2ccc(O)cc2O)c(O)c(Cc2c(O)cccc2O)c1. The highest BCUT2D eigenvalue weighted by Crippen LogP contribution is 2.41. The van der Waals surface area contributed by atoms with E-state index in [1.54, 1.807) is 12.1 Å². The summed E-state index contributed by atoms with van der Waals surface area (Å²) in [7, 11) is 0. The Balaban J connectivity index is 2.14. The van der Waals surface area contributed by atoms with Crippen LogP contribution in [0.3, 0.4) is 0 Å². The van der Waals surface area contributed by atoms with Gasteiger partial charge in [-0.25, -0.2) is 0 Å². The molecule has 5 nitrogen and oxygen atoms in total. The van der Waals surface area contributed by atoms with Gasteiger partial charge in [0.1, 0.15) is 28.7 Å². The summed E-state index contributed by atoms with van der Waals surface area (Å²) in [5, 5.41) is 51.7. The zero-order chi connectivity index (χ0) is 24.6. The molecule has 0 bridgehead atoms. The summed E-state index contributed by atoms with van der Waals surface area (Å²) in [5.41, 5.74) is 3.01. The zero-order valence-corrected chi connectivity index (χ0v) is 20.0. The summed E-state index contributed by atoms with van der Waals surface area (Å²) >= 11 is 0. The summed E-state index contributed by atoms with van der Waals surface area (Å²) < 4.78 is 0. The van der Waals surface area contributed by atoms with Crippen molar-refractivity contribution in [3.8, 4) is 28.7 Å². The molecule has 3 rings (SSSR count). The molecule has 0 saturated carbocycles. The first-order valence-electron chi connectivity index (χ1n) is 11.1. The Morgan fingerprint density at radius 2 is 1.21 bits per heavy atom. The lowest BCUT2D eigenvalue weighted by Gasteiger charge is -2.34. The van der Waals surface area contributed by atoms with Gasteiger partial charge < -0.3 is 25.5 Å².